The van der Waals surface area contributed by atoms with Gasteiger partial charge in [0, 0.05) is 24.9 Å². The number of anilines is 1. The Morgan fingerprint density at radius 1 is 1.43 bits per heavy atom. The maximum atomic E-state index is 13.2. The van der Waals surface area contributed by atoms with Gasteiger partial charge in [0.2, 0.25) is 17.7 Å². The zero-order valence-corrected chi connectivity index (χ0v) is 16.4. The van der Waals surface area contributed by atoms with Crippen LogP contribution in [0.1, 0.15) is 57.6 Å². The molecule has 0 unspecified atom stereocenters. The molecule has 3 N–H and O–H groups in total. The Hall–Kier alpha value is -2.42. The molecule has 28 heavy (non-hydrogen) atoms. The molecule has 2 aliphatic rings. The summed E-state index contributed by atoms with van der Waals surface area (Å²) in [5, 5.41) is 15.4. The highest BCUT2D eigenvalue weighted by Crippen LogP contribution is 2.55. The summed E-state index contributed by atoms with van der Waals surface area (Å²) in [5.74, 6) is -0.708. The van der Waals surface area contributed by atoms with E-state index >= 15 is 0 Å². The van der Waals surface area contributed by atoms with Crippen molar-refractivity contribution in [2.24, 2.45) is 11.3 Å². The first-order chi connectivity index (χ1) is 13.4. The molecule has 1 spiro atoms. The molecule has 9 nitrogen and oxygen atoms in total. The number of amides is 3. The van der Waals surface area contributed by atoms with Crippen LogP contribution in [0.2, 0.25) is 0 Å². The fraction of sp³-hybridized carbons (Fsp3) is 0.684. The zero-order valence-electron chi connectivity index (χ0n) is 16.4. The van der Waals surface area contributed by atoms with Gasteiger partial charge in [-0.25, -0.2) is 5.48 Å². The second-order valence-electron chi connectivity index (χ2n) is 8.08. The van der Waals surface area contributed by atoms with Gasteiger partial charge in [0.25, 0.3) is 0 Å². The van der Waals surface area contributed by atoms with Crippen molar-refractivity contribution < 1.29 is 24.1 Å². The van der Waals surface area contributed by atoms with E-state index in [1.165, 1.54) is 0 Å². The van der Waals surface area contributed by atoms with Gasteiger partial charge in [0.15, 0.2) is 5.82 Å². The number of likely N-dealkylation sites (tertiary alicyclic amines) is 1. The maximum Gasteiger partial charge on any atom is 0.248 e. The quantitative estimate of drug-likeness (QED) is 0.459. The second-order valence-corrected chi connectivity index (χ2v) is 8.08. The largest absolute Gasteiger partial charge is 0.360 e. The minimum atomic E-state index is -0.590. The summed E-state index contributed by atoms with van der Waals surface area (Å²) in [6.45, 7) is 4.28. The Kier molecular flexibility index (Phi) is 6.02. The van der Waals surface area contributed by atoms with Gasteiger partial charge in [0.1, 0.15) is 11.8 Å². The molecule has 3 rings (SSSR count). The van der Waals surface area contributed by atoms with Gasteiger partial charge in [0.05, 0.1) is 0 Å². The standard InChI is InChI=1S/C19H28N4O5/c1-3-4-5-13(9-16(24)21-27)18(26)23-11-19(6-7-19)10-14(23)17(25)20-15-8-12(2)28-22-15/h8,13-14,27H,3-7,9-11H2,1-2H3,(H,21,24)(H,20,22,25)/t13-,14+/m1/s1. The molecule has 2 atom stereocenters. The Bertz CT molecular complexity index is 742. The van der Waals surface area contributed by atoms with Crippen molar-refractivity contribution in [1.29, 1.82) is 0 Å². The summed E-state index contributed by atoms with van der Waals surface area (Å²) in [7, 11) is 0. The summed E-state index contributed by atoms with van der Waals surface area (Å²) in [6.07, 6.45) is 4.76. The number of carbonyl (C=O) groups is 3. The van der Waals surface area contributed by atoms with Gasteiger partial charge in [-0.15, -0.1) is 0 Å². The topological polar surface area (TPSA) is 125 Å². The van der Waals surface area contributed by atoms with Crippen molar-refractivity contribution >= 4 is 23.5 Å². The fourth-order valence-corrected chi connectivity index (χ4v) is 3.96. The van der Waals surface area contributed by atoms with Crippen molar-refractivity contribution in [3.8, 4) is 0 Å². The van der Waals surface area contributed by atoms with E-state index < -0.39 is 17.9 Å². The number of aryl methyl sites for hydroxylation is 1. The first-order valence-corrected chi connectivity index (χ1v) is 9.85. The zero-order chi connectivity index (χ0) is 20.3. The highest BCUT2D eigenvalue weighted by molar-refractivity contribution is 5.98. The molecule has 0 aromatic carbocycles. The number of aromatic nitrogens is 1. The molecule has 154 valence electrons. The number of hydrogen-bond donors (Lipinski definition) is 3. The lowest BCUT2D eigenvalue weighted by Gasteiger charge is -2.28. The minimum absolute atomic E-state index is 0.0198. The summed E-state index contributed by atoms with van der Waals surface area (Å²) in [6, 6.07) is 1.04. The lowest BCUT2D eigenvalue weighted by Crippen LogP contribution is -2.46. The molecule has 1 aliphatic heterocycles. The van der Waals surface area contributed by atoms with Gasteiger partial charge in [-0.2, -0.15) is 0 Å². The van der Waals surface area contributed by atoms with Crippen LogP contribution in [0.15, 0.2) is 10.6 Å². The second kappa shape index (κ2) is 8.30. The van der Waals surface area contributed by atoms with Crippen LogP contribution in [-0.2, 0) is 14.4 Å². The molecule has 3 amide bonds. The molecule has 1 aliphatic carbocycles. The molecule has 1 saturated heterocycles. The third-order valence-electron chi connectivity index (χ3n) is 5.74. The Morgan fingerprint density at radius 2 is 2.18 bits per heavy atom. The van der Waals surface area contributed by atoms with Crippen LogP contribution in [-0.4, -0.2) is 45.6 Å². The number of nitrogens with one attached hydrogen (secondary N) is 2. The Morgan fingerprint density at radius 3 is 2.75 bits per heavy atom. The number of unbranched alkanes of at least 4 members (excludes halogenated alkanes) is 1. The average molecular weight is 392 g/mol. The summed E-state index contributed by atoms with van der Waals surface area (Å²) in [5.41, 5.74) is 1.63. The lowest BCUT2D eigenvalue weighted by molar-refractivity contribution is -0.143. The first kappa shape index (κ1) is 20.3. The molecule has 0 radical (unpaired) electrons. The maximum absolute atomic E-state index is 13.2. The van der Waals surface area contributed by atoms with Crippen LogP contribution in [0.5, 0.6) is 0 Å². The van der Waals surface area contributed by atoms with E-state index in [9.17, 15) is 14.4 Å². The van der Waals surface area contributed by atoms with Crippen LogP contribution < -0.4 is 10.8 Å². The Balaban J connectivity index is 1.74. The number of nitrogens with zero attached hydrogens (tertiary/aromatic N) is 2. The summed E-state index contributed by atoms with van der Waals surface area (Å²) >= 11 is 0. The van der Waals surface area contributed by atoms with E-state index in [1.54, 1.807) is 23.4 Å². The summed E-state index contributed by atoms with van der Waals surface area (Å²) < 4.78 is 4.98. The monoisotopic (exact) mass is 392 g/mol. The van der Waals surface area contributed by atoms with Crippen LogP contribution in [0.3, 0.4) is 0 Å². The lowest BCUT2D eigenvalue weighted by atomic mass is 9.96. The molecule has 2 heterocycles. The van der Waals surface area contributed by atoms with E-state index in [0.29, 0.717) is 31.0 Å². The molecule has 0 bridgehead atoms. The van der Waals surface area contributed by atoms with Gasteiger partial charge in [-0.05, 0) is 38.0 Å². The van der Waals surface area contributed by atoms with Gasteiger partial charge in [-0.1, -0.05) is 24.9 Å². The molecule has 1 aromatic heterocycles. The third-order valence-corrected chi connectivity index (χ3v) is 5.74. The van der Waals surface area contributed by atoms with E-state index in [1.807, 2.05) is 6.92 Å². The molecular formula is C19H28N4O5. The average Bonchev–Trinajstić information content (AvgIpc) is 3.12. The molecule has 2 fully saturated rings. The predicted octanol–water partition coefficient (Wildman–Crippen LogP) is 2.00. The SMILES string of the molecule is CCCC[C@H](CC(=O)NO)C(=O)N1CC2(CC2)C[C@H]1C(=O)Nc1cc(C)on1. The number of hydrogen-bond acceptors (Lipinski definition) is 6. The van der Waals surface area contributed by atoms with Crippen molar-refractivity contribution in [2.45, 2.75) is 64.8 Å². The highest BCUT2D eigenvalue weighted by atomic mass is 16.5. The molecule has 9 heteroatoms. The molecular weight excluding hydrogens is 364 g/mol. The Labute approximate surface area is 163 Å². The smallest absolute Gasteiger partial charge is 0.248 e. The van der Waals surface area contributed by atoms with Gasteiger partial charge in [-0.3, -0.25) is 19.6 Å². The van der Waals surface area contributed by atoms with Crippen LogP contribution in [0.25, 0.3) is 0 Å². The summed E-state index contributed by atoms with van der Waals surface area (Å²) in [4.78, 5) is 39.4. The van der Waals surface area contributed by atoms with Crippen LogP contribution >= 0.6 is 0 Å². The van der Waals surface area contributed by atoms with Crippen LogP contribution in [0, 0.1) is 18.3 Å². The van der Waals surface area contributed by atoms with Crippen molar-refractivity contribution in [2.75, 3.05) is 11.9 Å². The fourth-order valence-electron chi connectivity index (χ4n) is 3.96. The number of rotatable bonds is 8. The molecule has 1 aromatic rings. The van der Waals surface area contributed by atoms with Crippen LogP contribution in [0.4, 0.5) is 5.82 Å². The van der Waals surface area contributed by atoms with E-state index in [0.717, 1.165) is 25.7 Å². The van der Waals surface area contributed by atoms with Crippen molar-refractivity contribution in [3.63, 3.8) is 0 Å². The van der Waals surface area contributed by atoms with E-state index in [-0.39, 0.29) is 23.7 Å². The van der Waals surface area contributed by atoms with Crippen molar-refractivity contribution in [3.05, 3.63) is 11.8 Å². The third kappa shape index (κ3) is 4.52. The first-order valence-electron chi connectivity index (χ1n) is 9.85. The van der Waals surface area contributed by atoms with E-state index in [2.05, 4.69) is 10.5 Å². The van der Waals surface area contributed by atoms with Gasteiger partial charge >= 0.3 is 0 Å². The minimum Gasteiger partial charge on any atom is -0.360 e. The number of hydroxylamine groups is 1. The van der Waals surface area contributed by atoms with Gasteiger partial charge < -0.3 is 14.7 Å². The van der Waals surface area contributed by atoms with Crippen molar-refractivity contribution in [1.82, 2.24) is 15.5 Å². The predicted molar refractivity (Wildman–Crippen MR) is 99.2 cm³/mol. The van der Waals surface area contributed by atoms with E-state index in [4.69, 9.17) is 9.73 Å². The molecule has 1 saturated carbocycles. The highest BCUT2D eigenvalue weighted by Gasteiger charge is 2.55. The normalized spacial score (nSPS) is 20.8. The number of carbonyl (C=O) groups excluding carboxylic acids is 3.